The van der Waals surface area contributed by atoms with Crippen LogP contribution in [0.3, 0.4) is 0 Å². The van der Waals surface area contributed by atoms with Crippen molar-refractivity contribution in [1.29, 1.82) is 0 Å². The first kappa shape index (κ1) is 27.4. The second kappa shape index (κ2) is 10.8. The highest BCUT2D eigenvalue weighted by molar-refractivity contribution is 7.89. The van der Waals surface area contributed by atoms with Gasteiger partial charge in [0.1, 0.15) is 17.8 Å². The first-order valence-electron chi connectivity index (χ1n) is 10.1. The SMILES string of the molecule is O=C(O)[C@H](Cc1ccc(OP(=O)(O)O)cc1)NC(=O)[C@@H]1CCCN1S(=O)(=O)c1cc(Cl)cc(Cl)c1. The molecule has 2 atom stereocenters. The third kappa shape index (κ3) is 7.17. The number of hydrogen-bond donors (Lipinski definition) is 4. The quantitative estimate of drug-likeness (QED) is 0.332. The monoisotopic (exact) mass is 566 g/mol. The first-order valence-corrected chi connectivity index (χ1v) is 13.8. The second-order valence-corrected chi connectivity index (χ2v) is 11.6. The number of rotatable bonds is 9. The lowest BCUT2D eigenvalue weighted by molar-refractivity contribution is -0.142. The minimum absolute atomic E-state index is 0.0589. The molecule has 15 heteroatoms. The third-order valence-corrected chi connectivity index (χ3v) is 7.92. The summed E-state index contributed by atoms with van der Waals surface area (Å²) >= 11 is 11.9. The minimum atomic E-state index is -4.74. The van der Waals surface area contributed by atoms with Crippen LogP contribution in [0.2, 0.25) is 10.0 Å². The van der Waals surface area contributed by atoms with E-state index in [9.17, 15) is 27.7 Å². The van der Waals surface area contributed by atoms with Crippen LogP contribution in [-0.2, 0) is 30.6 Å². The Morgan fingerprint density at radius 1 is 1.14 bits per heavy atom. The number of benzene rings is 2. The summed E-state index contributed by atoms with van der Waals surface area (Å²) in [5.74, 6) is -2.23. The molecule has 1 fully saturated rings. The number of nitrogens with one attached hydrogen (secondary N) is 1. The van der Waals surface area contributed by atoms with Gasteiger partial charge in [0.2, 0.25) is 15.9 Å². The van der Waals surface area contributed by atoms with Gasteiger partial charge in [0.15, 0.2) is 0 Å². The van der Waals surface area contributed by atoms with Crippen LogP contribution >= 0.6 is 31.0 Å². The Morgan fingerprint density at radius 3 is 2.29 bits per heavy atom. The predicted molar refractivity (Wildman–Crippen MR) is 126 cm³/mol. The largest absolute Gasteiger partial charge is 0.524 e. The first-order chi connectivity index (χ1) is 16.3. The molecule has 190 valence electrons. The van der Waals surface area contributed by atoms with Gasteiger partial charge in [0, 0.05) is 23.0 Å². The van der Waals surface area contributed by atoms with Crippen LogP contribution in [0.1, 0.15) is 18.4 Å². The Balaban J connectivity index is 1.74. The van der Waals surface area contributed by atoms with Crippen LogP contribution < -0.4 is 9.84 Å². The molecule has 11 nitrogen and oxygen atoms in total. The van der Waals surface area contributed by atoms with Crippen LogP contribution in [0.4, 0.5) is 0 Å². The van der Waals surface area contributed by atoms with E-state index in [2.05, 4.69) is 9.84 Å². The molecule has 35 heavy (non-hydrogen) atoms. The fourth-order valence-corrected chi connectivity index (χ4v) is 6.41. The normalized spacial score (nSPS) is 17.7. The molecule has 0 aliphatic carbocycles. The number of nitrogens with zero attached hydrogens (tertiary/aromatic N) is 1. The van der Waals surface area contributed by atoms with Crippen LogP contribution in [0, 0.1) is 0 Å². The summed E-state index contributed by atoms with van der Waals surface area (Å²) in [7, 11) is -8.88. The molecular formula is C20H21Cl2N2O9PS. The van der Waals surface area contributed by atoms with Crippen LogP contribution in [0.25, 0.3) is 0 Å². The van der Waals surface area contributed by atoms with E-state index < -0.39 is 41.8 Å². The summed E-state index contributed by atoms with van der Waals surface area (Å²) in [6.07, 6.45) is 0.422. The molecule has 0 bridgehead atoms. The van der Waals surface area contributed by atoms with Crippen molar-refractivity contribution in [2.45, 2.75) is 36.2 Å². The lowest BCUT2D eigenvalue weighted by Crippen LogP contribution is -2.51. The van der Waals surface area contributed by atoms with E-state index >= 15 is 0 Å². The topological polar surface area (TPSA) is 171 Å². The molecule has 3 rings (SSSR count). The van der Waals surface area contributed by atoms with Crippen molar-refractivity contribution in [1.82, 2.24) is 9.62 Å². The van der Waals surface area contributed by atoms with Crippen molar-refractivity contribution in [3.8, 4) is 5.75 Å². The van der Waals surface area contributed by atoms with Gasteiger partial charge in [0.25, 0.3) is 0 Å². The third-order valence-electron chi connectivity index (χ3n) is 5.15. The number of amides is 1. The van der Waals surface area contributed by atoms with Gasteiger partial charge in [-0.3, -0.25) is 14.6 Å². The van der Waals surface area contributed by atoms with Gasteiger partial charge in [-0.1, -0.05) is 35.3 Å². The predicted octanol–water partition coefficient (Wildman–Crippen LogP) is 2.43. The van der Waals surface area contributed by atoms with Crippen molar-refractivity contribution in [2.75, 3.05) is 6.54 Å². The lowest BCUT2D eigenvalue weighted by atomic mass is 10.1. The number of halogens is 2. The van der Waals surface area contributed by atoms with Gasteiger partial charge in [-0.25, -0.2) is 17.8 Å². The average Bonchev–Trinajstić information content (AvgIpc) is 3.24. The number of aliphatic carboxylic acids is 1. The van der Waals surface area contributed by atoms with E-state index in [0.717, 1.165) is 4.31 Å². The van der Waals surface area contributed by atoms with E-state index in [4.69, 9.17) is 33.0 Å². The zero-order chi connectivity index (χ0) is 26.0. The Bertz CT molecular complexity index is 1250. The van der Waals surface area contributed by atoms with Crippen LogP contribution in [-0.4, -0.2) is 58.1 Å². The Hall–Kier alpha value is -2.18. The summed E-state index contributed by atoms with van der Waals surface area (Å²) in [5, 5.41) is 12.2. The summed E-state index contributed by atoms with van der Waals surface area (Å²) in [6.45, 7) is 0.0589. The molecule has 0 aromatic heterocycles. The Labute approximate surface area is 210 Å². The van der Waals surface area contributed by atoms with Gasteiger partial charge in [-0.05, 0) is 48.7 Å². The number of carbonyl (C=O) groups is 2. The molecule has 4 N–H and O–H groups in total. The van der Waals surface area contributed by atoms with E-state index in [1.54, 1.807) is 0 Å². The maximum atomic E-state index is 13.1. The summed E-state index contributed by atoms with van der Waals surface area (Å²) in [6, 6.07) is 6.57. The number of hydrogen-bond acceptors (Lipinski definition) is 6. The highest BCUT2D eigenvalue weighted by atomic mass is 35.5. The van der Waals surface area contributed by atoms with Crippen molar-refractivity contribution >= 4 is 52.9 Å². The summed E-state index contributed by atoms with van der Waals surface area (Å²) in [4.78, 5) is 42.2. The van der Waals surface area contributed by atoms with E-state index in [1.807, 2.05) is 0 Å². The Kier molecular flexibility index (Phi) is 8.48. The number of phosphoric acid groups is 1. The van der Waals surface area contributed by atoms with Gasteiger partial charge < -0.3 is 14.9 Å². The molecular weight excluding hydrogens is 546 g/mol. The molecule has 2 aromatic rings. The van der Waals surface area contributed by atoms with Crippen molar-refractivity contribution in [3.63, 3.8) is 0 Å². The smallest absolute Gasteiger partial charge is 0.480 e. The van der Waals surface area contributed by atoms with E-state index in [1.165, 1.54) is 42.5 Å². The molecule has 2 aromatic carbocycles. The van der Waals surface area contributed by atoms with Crippen LogP contribution in [0.15, 0.2) is 47.4 Å². The molecule has 1 aliphatic rings. The van der Waals surface area contributed by atoms with Crippen LogP contribution in [0.5, 0.6) is 5.75 Å². The minimum Gasteiger partial charge on any atom is -0.480 e. The second-order valence-electron chi connectivity index (χ2n) is 7.71. The van der Waals surface area contributed by atoms with Gasteiger partial charge in [-0.2, -0.15) is 4.31 Å². The average molecular weight is 567 g/mol. The summed E-state index contributed by atoms with van der Waals surface area (Å²) in [5.41, 5.74) is 0.431. The Morgan fingerprint density at radius 2 is 1.74 bits per heavy atom. The summed E-state index contributed by atoms with van der Waals surface area (Å²) < 4.78 is 42.6. The fourth-order valence-electron chi connectivity index (χ4n) is 3.63. The number of sulfonamides is 1. The van der Waals surface area contributed by atoms with Gasteiger partial charge in [-0.15, -0.1) is 0 Å². The molecule has 1 saturated heterocycles. The zero-order valence-corrected chi connectivity index (χ0v) is 21.1. The van der Waals surface area contributed by atoms with Crippen molar-refractivity contribution in [3.05, 3.63) is 58.1 Å². The standard InChI is InChI=1S/C20H21Cl2N2O9PS/c21-13-9-14(22)11-16(10-13)35(31,32)24-7-1-2-18(24)19(25)23-17(20(26)27)8-12-3-5-15(6-4-12)33-34(28,29)30/h3-6,9-11,17-18H,1-2,7-8H2,(H,23,25)(H,26,27)(H2,28,29,30)/t17-,18-/m0/s1. The molecule has 0 radical (unpaired) electrons. The highest BCUT2D eigenvalue weighted by Crippen LogP contribution is 2.37. The molecule has 1 aliphatic heterocycles. The van der Waals surface area contributed by atoms with E-state index in [-0.39, 0.29) is 40.1 Å². The molecule has 0 saturated carbocycles. The maximum absolute atomic E-state index is 13.1. The number of carboxylic acids is 1. The molecule has 0 spiro atoms. The molecule has 0 unspecified atom stereocenters. The number of carboxylic acid groups (broad SMARTS) is 1. The van der Waals surface area contributed by atoms with Gasteiger partial charge in [0.05, 0.1) is 4.90 Å². The number of carbonyl (C=O) groups excluding carboxylic acids is 1. The number of phosphoric ester groups is 1. The zero-order valence-electron chi connectivity index (χ0n) is 17.9. The fraction of sp³-hybridized carbons (Fsp3) is 0.300. The lowest BCUT2D eigenvalue weighted by Gasteiger charge is -2.25. The molecule has 1 amide bonds. The highest BCUT2D eigenvalue weighted by Gasteiger charge is 2.40. The van der Waals surface area contributed by atoms with E-state index in [0.29, 0.717) is 12.0 Å². The van der Waals surface area contributed by atoms with Gasteiger partial charge >= 0.3 is 13.8 Å². The maximum Gasteiger partial charge on any atom is 0.524 e. The van der Waals surface area contributed by atoms with Crippen molar-refractivity contribution < 1.29 is 42.0 Å². The van der Waals surface area contributed by atoms with Crippen molar-refractivity contribution in [2.24, 2.45) is 0 Å². The molecule has 1 heterocycles.